The quantitative estimate of drug-likeness (QED) is 0.107. The van der Waals surface area contributed by atoms with Gasteiger partial charge in [0.2, 0.25) is 0 Å². The number of unbranched alkanes of at least 4 members (excludes halogenated alkanes) is 4. The Morgan fingerprint density at radius 1 is 0.470 bits per heavy atom. The summed E-state index contributed by atoms with van der Waals surface area (Å²) < 4.78 is 1.16. The Morgan fingerprint density at radius 2 is 0.939 bits per heavy atom. The van der Waals surface area contributed by atoms with Crippen molar-refractivity contribution >= 4 is 37.5 Å². The standard InChI is InChI=1S/C39H52.C24H25Br.2CH4/c1-5-7-8-11-31-22-25-35-34-24-23-32(26-37(34)39(3,4)36-13-9-12-33(31)38(35)36)30-20-18-29(19-21-30)28-16-14-27(10-6-2)15-17-28;1-4-5-6-8-16-11-13-20-19-14-12-17(25)15-22(19)24(2,3)21-10-7-9-18(16)23(20)21;;/h9,12-13,22-30H,5-8,10-11,14-21H2,1-4H3;7,9-15H,4-6,8H2,1-3H3;2*1H4. The van der Waals surface area contributed by atoms with Crippen molar-refractivity contribution in [3.05, 3.63) is 140 Å². The van der Waals surface area contributed by atoms with Crippen LogP contribution in [0.4, 0.5) is 0 Å². The number of hydrogen-bond donors (Lipinski definition) is 0. The van der Waals surface area contributed by atoms with Crippen molar-refractivity contribution in [1.82, 2.24) is 0 Å². The maximum atomic E-state index is 3.67. The van der Waals surface area contributed by atoms with Crippen LogP contribution < -0.4 is 0 Å². The molecule has 0 N–H and O–H groups in total. The molecule has 4 aliphatic carbocycles. The lowest BCUT2D eigenvalue weighted by Crippen LogP contribution is -2.26. The summed E-state index contributed by atoms with van der Waals surface area (Å²) in [4.78, 5) is 0. The average molecular weight is 946 g/mol. The molecule has 0 unspecified atom stereocenters. The van der Waals surface area contributed by atoms with E-state index in [0.29, 0.717) is 0 Å². The van der Waals surface area contributed by atoms with Crippen LogP contribution >= 0.6 is 15.9 Å². The normalized spacial score (nSPS) is 20.8. The van der Waals surface area contributed by atoms with E-state index in [1.54, 1.807) is 11.1 Å². The van der Waals surface area contributed by atoms with E-state index in [0.717, 1.165) is 28.1 Å². The van der Waals surface area contributed by atoms with Crippen molar-refractivity contribution in [2.75, 3.05) is 0 Å². The van der Waals surface area contributed by atoms with Crippen molar-refractivity contribution in [3.63, 3.8) is 0 Å². The number of hydrogen-bond acceptors (Lipinski definition) is 0. The average Bonchev–Trinajstić information content (AvgIpc) is 3.31. The Kier molecular flexibility index (Phi) is 16.2. The Bertz CT molecular complexity index is 2590. The molecule has 2 saturated carbocycles. The van der Waals surface area contributed by atoms with Gasteiger partial charge in [0.1, 0.15) is 0 Å². The summed E-state index contributed by atoms with van der Waals surface area (Å²) in [5.74, 6) is 3.79. The van der Waals surface area contributed by atoms with Crippen LogP contribution in [0, 0.1) is 17.8 Å². The molecule has 4 aliphatic rings. The van der Waals surface area contributed by atoms with Gasteiger partial charge in [-0.15, -0.1) is 0 Å². The van der Waals surface area contributed by atoms with Crippen LogP contribution in [0.3, 0.4) is 0 Å². The summed E-state index contributed by atoms with van der Waals surface area (Å²) in [5.41, 5.74) is 16.4. The highest BCUT2D eigenvalue weighted by atomic mass is 79.9. The molecular formula is C65H85Br. The molecule has 1 heteroatoms. The van der Waals surface area contributed by atoms with Crippen molar-refractivity contribution in [1.29, 1.82) is 0 Å². The van der Waals surface area contributed by atoms with Crippen LogP contribution in [-0.2, 0) is 23.7 Å². The molecule has 2 fully saturated rings. The molecule has 6 aromatic rings. The molecule has 6 aromatic carbocycles. The van der Waals surface area contributed by atoms with Crippen molar-refractivity contribution in [2.45, 2.75) is 196 Å². The van der Waals surface area contributed by atoms with Gasteiger partial charge >= 0.3 is 0 Å². The first-order valence-electron chi connectivity index (χ1n) is 26.1. The highest BCUT2D eigenvalue weighted by Crippen LogP contribution is 2.52. The molecule has 0 bridgehead atoms. The van der Waals surface area contributed by atoms with Crippen molar-refractivity contribution in [3.8, 4) is 22.3 Å². The Labute approximate surface area is 411 Å². The lowest BCUT2D eigenvalue weighted by Gasteiger charge is -2.39. The van der Waals surface area contributed by atoms with Gasteiger partial charge in [0, 0.05) is 15.3 Å². The third-order valence-electron chi connectivity index (χ3n) is 17.2. The molecule has 0 spiro atoms. The third-order valence-corrected chi connectivity index (χ3v) is 17.7. The van der Waals surface area contributed by atoms with Crippen LogP contribution in [-0.4, -0.2) is 0 Å². The highest BCUT2D eigenvalue weighted by molar-refractivity contribution is 9.10. The van der Waals surface area contributed by atoms with Gasteiger partial charge in [-0.2, -0.15) is 0 Å². The first-order chi connectivity index (χ1) is 31.0. The van der Waals surface area contributed by atoms with Crippen LogP contribution in [0.2, 0.25) is 0 Å². The smallest absolute Gasteiger partial charge is 0.0178 e. The van der Waals surface area contributed by atoms with E-state index in [-0.39, 0.29) is 25.7 Å². The predicted octanol–water partition coefficient (Wildman–Crippen LogP) is 20.7. The van der Waals surface area contributed by atoms with Crippen molar-refractivity contribution in [2.24, 2.45) is 17.8 Å². The van der Waals surface area contributed by atoms with Crippen LogP contribution in [0.5, 0.6) is 0 Å². The number of fused-ring (bicyclic) bond motifs is 4. The van der Waals surface area contributed by atoms with E-state index in [1.807, 2.05) is 0 Å². The van der Waals surface area contributed by atoms with Gasteiger partial charge in [-0.25, -0.2) is 0 Å². The van der Waals surface area contributed by atoms with E-state index in [9.17, 15) is 0 Å². The predicted molar refractivity (Wildman–Crippen MR) is 296 cm³/mol. The minimum absolute atomic E-state index is 0. The van der Waals surface area contributed by atoms with E-state index in [1.165, 1.54) is 187 Å². The minimum atomic E-state index is 0. The van der Waals surface area contributed by atoms with Gasteiger partial charge in [0.15, 0.2) is 0 Å². The lowest BCUT2D eigenvalue weighted by atomic mass is 9.66. The van der Waals surface area contributed by atoms with E-state index in [4.69, 9.17) is 0 Å². The zero-order chi connectivity index (χ0) is 44.6. The first-order valence-corrected chi connectivity index (χ1v) is 26.9. The number of halogens is 1. The number of benzene rings is 6. The molecule has 0 radical (unpaired) electrons. The fourth-order valence-corrected chi connectivity index (χ4v) is 13.8. The fourth-order valence-electron chi connectivity index (χ4n) is 13.4. The maximum Gasteiger partial charge on any atom is 0.0178 e. The summed E-state index contributed by atoms with van der Waals surface area (Å²) in [5, 5.41) is 5.93. The topological polar surface area (TPSA) is 0 Å². The highest BCUT2D eigenvalue weighted by Gasteiger charge is 2.37. The zero-order valence-electron chi connectivity index (χ0n) is 40.7. The van der Waals surface area contributed by atoms with Gasteiger partial charge in [-0.05, 0) is 183 Å². The molecule has 0 nitrogen and oxygen atoms in total. The molecule has 0 aliphatic heterocycles. The molecule has 0 atom stereocenters. The number of aryl methyl sites for hydroxylation is 2. The molecular weight excluding hydrogens is 861 g/mol. The van der Waals surface area contributed by atoms with E-state index >= 15 is 0 Å². The van der Waals surface area contributed by atoms with Crippen LogP contribution in [0.15, 0.2) is 102 Å². The van der Waals surface area contributed by atoms with Crippen LogP contribution in [0.1, 0.15) is 211 Å². The third kappa shape index (κ3) is 9.52. The van der Waals surface area contributed by atoms with Crippen molar-refractivity contribution < 1.29 is 0 Å². The number of rotatable bonds is 12. The van der Waals surface area contributed by atoms with Gasteiger partial charge < -0.3 is 0 Å². The molecule has 352 valence electrons. The molecule has 0 heterocycles. The second kappa shape index (κ2) is 21.3. The van der Waals surface area contributed by atoms with Gasteiger partial charge in [0.05, 0.1) is 0 Å². The second-order valence-electron chi connectivity index (χ2n) is 21.8. The van der Waals surface area contributed by atoms with Gasteiger partial charge in [-0.1, -0.05) is 216 Å². The lowest BCUT2D eigenvalue weighted by molar-refractivity contribution is 0.156. The molecule has 66 heavy (non-hydrogen) atoms. The summed E-state index contributed by atoms with van der Waals surface area (Å²) in [6, 6.07) is 38.0. The Hall–Kier alpha value is -3.68. The minimum Gasteiger partial charge on any atom is -0.0776 e. The van der Waals surface area contributed by atoms with E-state index in [2.05, 4.69) is 161 Å². The summed E-state index contributed by atoms with van der Waals surface area (Å²) in [7, 11) is 0. The zero-order valence-corrected chi connectivity index (χ0v) is 42.2. The monoisotopic (exact) mass is 945 g/mol. The summed E-state index contributed by atoms with van der Waals surface area (Å²) >= 11 is 3.67. The molecule has 10 rings (SSSR count). The summed E-state index contributed by atoms with van der Waals surface area (Å²) in [6.45, 7) is 16.6. The second-order valence-corrected chi connectivity index (χ2v) is 22.8. The molecule has 0 amide bonds. The first kappa shape index (κ1) is 50.2. The fraction of sp³-hybridized carbons (Fsp3) is 0.508. The summed E-state index contributed by atoms with van der Waals surface area (Å²) in [6.07, 6.45) is 24.7. The maximum absolute atomic E-state index is 3.67. The molecule has 0 aromatic heterocycles. The van der Waals surface area contributed by atoms with Crippen LogP contribution in [0.25, 0.3) is 43.8 Å². The Morgan fingerprint density at radius 3 is 1.44 bits per heavy atom. The SMILES string of the molecule is C.C.CCCCCc1ccc2c3c(cccc13)C(C)(C)c1cc(Br)ccc1-2.CCCCCc1ccc2c3c(cccc13)C(C)(C)c1cc(C3CCC(C4CCC(CCC)CC4)CC3)ccc1-2. The van der Waals surface area contributed by atoms with Gasteiger partial charge in [-0.3, -0.25) is 0 Å². The van der Waals surface area contributed by atoms with Gasteiger partial charge in [0.25, 0.3) is 0 Å². The van der Waals surface area contributed by atoms with E-state index < -0.39 is 0 Å². The molecule has 0 saturated heterocycles. The largest absolute Gasteiger partial charge is 0.0776 e. The Balaban J connectivity index is 0.000000208.